The highest BCUT2D eigenvalue weighted by molar-refractivity contribution is 5.47. The molecule has 0 atom stereocenters. The van der Waals surface area contributed by atoms with Gasteiger partial charge in [0.05, 0.1) is 10.6 Å². The van der Waals surface area contributed by atoms with Gasteiger partial charge < -0.3 is 5.11 Å². The molecule has 2 aromatic rings. The molecule has 1 aromatic carbocycles. The number of aromatic hydroxyl groups is 1. The van der Waals surface area contributed by atoms with Gasteiger partial charge in [0.15, 0.2) is 0 Å². The normalized spacial score (nSPS) is 11.8. The first-order chi connectivity index (χ1) is 11.1. The predicted molar refractivity (Wildman–Crippen MR) is 85.3 cm³/mol. The maximum Gasteiger partial charge on any atom is 0.331 e. The minimum atomic E-state index is -0.885. The number of hydrogen-bond acceptors (Lipinski definition) is 7. The van der Waals surface area contributed by atoms with Gasteiger partial charge in [-0.3, -0.25) is 24.5 Å². The Labute approximate surface area is 135 Å². The zero-order valence-electron chi connectivity index (χ0n) is 13.2. The second kappa shape index (κ2) is 6.07. The Morgan fingerprint density at radius 3 is 2.25 bits per heavy atom. The van der Waals surface area contributed by atoms with Crippen molar-refractivity contribution in [1.82, 2.24) is 9.55 Å². The van der Waals surface area contributed by atoms with Crippen LogP contribution in [0.2, 0.25) is 0 Å². The van der Waals surface area contributed by atoms with E-state index in [1.165, 1.54) is 24.3 Å². The Balaban J connectivity index is 2.48. The molecule has 0 saturated heterocycles. The van der Waals surface area contributed by atoms with Crippen LogP contribution in [-0.2, 0) is 5.54 Å². The molecule has 126 valence electrons. The Kier molecular flexibility index (Phi) is 4.31. The number of azo groups is 1. The third kappa shape index (κ3) is 3.37. The second-order valence-electron chi connectivity index (χ2n) is 5.91. The summed E-state index contributed by atoms with van der Waals surface area (Å²) in [4.78, 5) is 35.8. The summed E-state index contributed by atoms with van der Waals surface area (Å²) in [6.45, 7) is 5.01. The van der Waals surface area contributed by atoms with Gasteiger partial charge in [0.2, 0.25) is 11.6 Å². The molecule has 0 aliphatic rings. The number of aromatic amines is 1. The standard InChI is InChI=1S/C14H15N5O5/c1-14(2,3)18-12(21)10(11(20)15-13(18)22)17-16-8-4-6-9(7-5-8)19(23)24/h4-7,21H,1-3H3,(H,15,20,22). The van der Waals surface area contributed by atoms with Crippen molar-refractivity contribution < 1.29 is 10.0 Å². The molecule has 2 rings (SSSR count). The van der Waals surface area contributed by atoms with Crippen molar-refractivity contribution in [2.45, 2.75) is 26.3 Å². The van der Waals surface area contributed by atoms with Crippen LogP contribution in [0.4, 0.5) is 17.1 Å². The van der Waals surface area contributed by atoms with Crippen molar-refractivity contribution in [2.24, 2.45) is 10.2 Å². The first kappa shape index (κ1) is 17.1. The van der Waals surface area contributed by atoms with Gasteiger partial charge in [0.25, 0.3) is 11.2 Å². The minimum absolute atomic E-state index is 0.115. The molecule has 0 saturated carbocycles. The summed E-state index contributed by atoms with van der Waals surface area (Å²) >= 11 is 0. The number of nitrogens with zero attached hydrogens (tertiary/aromatic N) is 4. The Bertz CT molecular complexity index is 919. The fraction of sp³-hybridized carbons (Fsp3) is 0.286. The average Bonchev–Trinajstić information content (AvgIpc) is 2.45. The van der Waals surface area contributed by atoms with Crippen LogP contribution in [0.1, 0.15) is 20.8 Å². The summed E-state index contributed by atoms with van der Waals surface area (Å²) in [5.74, 6) is -0.609. The molecule has 0 aliphatic carbocycles. The van der Waals surface area contributed by atoms with E-state index in [9.17, 15) is 24.8 Å². The molecule has 24 heavy (non-hydrogen) atoms. The Morgan fingerprint density at radius 2 is 1.75 bits per heavy atom. The van der Waals surface area contributed by atoms with E-state index in [0.29, 0.717) is 0 Å². The van der Waals surface area contributed by atoms with Crippen molar-refractivity contribution in [3.05, 3.63) is 55.2 Å². The highest BCUT2D eigenvalue weighted by Crippen LogP contribution is 2.27. The SMILES string of the molecule is CC(C)(C)n1c(O)c(N=Nc2ccc([N+](=O)[O-])cc2)c(=O)[nH]c1=O. The second-order valence-corrected chi connectivity index (χ2v) is 5.91. The molecular formula is C14H15N5O5. The van der Waals surface area contributed by atoms with Gasteiger partial charge in [0, 0.05) is 17.7 Å². The number of benzene rings is 1. The lowest BCUT2D eigenvalue weighted by Gasteiger charge is -2.23. The number of nitro groups is 1. The third-order valence-electron chi connectivity index (χ3n) is 3.06. The summed E-state index contributed by atoms with van der Waals surface area (Å²) < 4.78 is 0.985. The molecule has 0 unspecified atom stereocenters. The third-order valence-corrected chi connectivity index (χ3v) is 3.06. The van der Waals surface area contributed by atoms with Crippen molar-refractivity contribution >= 4 is 17.1 Å². The molecule has 0 spiro atoms. The molecule has 0 fully saturated rings. The number of nitro benzene ring substituents is 1. The average molecular weight is 333 g/mol. The summed E-state index contributed by atoms with van der Waals surface area (Å²) in [6.07, 6.45) is 0. The van der Waals surface area contributed by atoms with Gasteiger partial charge in [-0.15, -0.1) is 5.11 Å². The van der Waals surface area contributed by atoms with Crippen LogP contribution in [0, 0.1) is 10.1 Å². The topological polar surface area (TPSA) is 143 Å². The first-order valence-electron chi connectivity index (χ1n) is 6.86. The maximum absolute atomic E-state index is 11.8. The van der Waals surface area contributed by atoms with E-state index in [1.807, 2.05) is 0 Å². The zero-order chi connectivity index (χ0) is 18.1. The van der Waals surface area contributed by atoms with E-state index >= 15 is 0 Å². The molecule has 10 heteroatoms. The highest BCUT2D eigenvalue weighted by Gasteiger charge is 2.23. The fourth-order valence-electron chi connectivity index (χ4n) is 1.98. The van der Waals surface area contributed by atoms with E-state index < -0.39 is 33.3 Å². The van der Waals surface area contributed by atoms with Crippen molar-refractivity contribution in [3.63, 3.8) is 0 Å². The minimum Gasteiger partial charge on any atom is -0.493 e. The number of hydrogen-bond donors (Lipinski definition) is 2. The molecular weight excluding hydrogens is 318 g/mol. The molecule has 0 amide bonds. The lowest BCUT2D eigenvalue weighted by molar-refractivity contribution is -0.384. The van der Waals surface area contributed by atoms with Gasteiger partial charge in [-0.25, -0.2) is 4.79 Å². The van der Waals surface area contributed by atoms with Crippen molar-refractivity contribution in [3.8, 4) is 5.88 Å². The van der Waals surface area contributed by atoms with E-state index in [-0.39, 0.29) is 11.4 Å². The van der Waals surface area contributed by atoms with E-state index in [4.69, 9.17) is 0 Å². The van der Waals surface area contributed by atoms with Gasteiger partial charge in [-0.05, 0) is 32.9 Å². The summed E-state index contributed by atoms with van der Waals surface area (Å²) in [6, 6.07) is 5.14. The van der Waals surface area contributed by atoms with Gasteiger partial charge in [0.1, 0.15) is 0 Å². The molecule has 2 N–H and O–H groups in total. The van der Waals surface area contributed by atoms with Crippen LogP contribution < -0.4 is 11.2 Å². The Morgan fingerprint density at radius 1 is 1.17 bits per heavy atom. The Hall–Kier alpha value is -3.30. The van der Waals surface area contributed by atoms with Crippen LogP contribution in [-0.4, -0.2) is 19.6 Å². The molecule has 0 radical (unpaired) electrons. The van der Waals surface area contributed by atoms with E-state index in [0.717, 1.165) is 4.57 Å². The zero-order valence-corrected chi connectivity index (χ0v) is 13.2. The van der Waals surface area contributed by atoms with Crippen LogP contribution in [0.3, 0.4) is 0 Å². The maximum atomic E-state index is 11.8. The van der Waals surface area contributed by atoms with Crippen LogP contribution in [0.25, 0.3) is 0 Å². The van der Waals surface area contributed by atoms with Crippen LogP contribution in [0.15, 0.2) is 44.1 Å². The first-order valence-corrected chi connectivity index (χ1v) is 6.86. The van der Waals surface area contributed by atoms with Gasteiger partial charge in [-0.1, -0.05) is 0 Å². The predicted octanol–water partition coefficient (Wildman–Crippen LogP) is 2.32. The summed E-state index contributed by atoms with van der Waals surface area (Å²) in [5.41, 5.74) is -2.74. The van der Waals surface area contributed by atoms with Gasteiger partial charge >= 0.3 is 5.69 Å². The van der Waals surface area contributed by atoms with Crippen LogP contribution >= 0.6 is 0 Å². The number of non-ortho nitro benzene ring substituents is 1. The number of nitrogens with one attached hydrogen (secondary N) is 1. The van der Waals surface area contributed by atoms with Crippen molar-refractivity contribution in [1.29, 1.82) is 0 Å². The fourth-order valence-corrected chi connectivity index (χ4v) is 1.98. The number of H-pyrrole nitrogens is 1. The lowest BCUT2D eigenvalue weighted by atomic mass is 10.1. The largest absolute Gasteiger partial charge is 0.493 e. The van der Waals surface area contributed by atoms with Crippen LogP contribution in [0.5, 0.6) is 5.88 Å². The van der Waals surface area contributed by atoms with Gasteiger partial charge in [-0.2, -0.15) is 5.11 Å². The quantitative estimate of drug-likeness (QED) is 0.503. The lowest BCUT2D eigenvalue weighted by Crippen LogP contribution is -2.38. The van der Waals surface area contributed by atoms with Crippen molar-refractivity contribution in [2.75, 3.05) is 0 Å². The molecule has 0 bridgehead atoms. The number of rotatable bonds is 3. The molecule has 1 aromatic heterocycles. The molecule has 1 heterocycles. The van der Waals surface area contributed by atoms with E-state index in [1.54, 1.807) is 20.8 Å². The summed E-state index contributed by atoms with van der Waals surface area (Å²) in [5, 5.41) is 28.2. The van der Waals surface area contributed by atoms with E-state index in [2.05, 4.69) is 15.2 Å². The number of aromatic nitrogens is 2. The molecule has 10 nitrogen and oxygen atoms in total. The molecule has 0 aliphatic heterocycles. The summed E-state index contributed by atoms with van der Waals surface area (Å²) in [7, 11) is 0. The highest BCUT2D eigenvalue weighted by atomic mass is 16.6. The monoisotopic (exact) mass is 333 g/mol. The smallest absolute Gasteiger partial charge is 0.331 e.